The summed E-state index contributed by atoms with van der Waals surface area (Å²) in [5.41, 5.74) is 0.907. The van der Waals surface area contributed by atoms with Gasteiger partial charge in [-0.3, -0.25) is 4.57 Å². The molecule has 0 bridgehead atoms. The summed E-state index contributed by atoms with van der Waals surface area (Å²) in [6.45, 7) is 2.51. The Hall–Kier alpha value is -1.81. The fourth-order valence-electron chi connectivity index (χ4n) is 4.89. The van der Waals surface area contributed by atoms with E-state index in [1.54, 1.807) is 6.20 Å². The van der Waals surface area contributed by atoms with Crippen LogP contribution in [0.15, 0.2) is 41.9 Å². The van der Waals surface area contributed by atoms with Gasteiger partial charge in [0.15, 0.2) is 6.20 Å². The molecule has 0 fully saturated rings. The molecule has 2 rings (SSSR count). The van der Waals surface area contributed by atoms with Gasteiger partial charge < -0.3 is 28.7 Å². The monoisotopic (exact) mass is 668 g/mol. The molecular formula is C34H57N2O7PS. The average molecular weight is 669 g/mol. The molecule has 0 saturated carbocycles. The molecule has 2 unspecified atom stereocenters. The number of hydrogen-bond donors (Lipinski definition) is 1. The van der Waals surface area contributed by atoms with Crippen molar-refractivity contribution >= 4 is 25.3 Å². The predicted octanol–water partition coefficient (Wildman–Crippen LogP) is 8.18. The number of nitrogens with one attached hydrogen (secondary N) is 2. The largest absolute Gasteiger partial charge is 0.756 e. The van der Waals surface area contributed by atoms with Gasteiger partial charge in [-0.25, -0.2) is 9.78 Å². The lowest BCUT2D eigenvalue weighted by molar-refractivity contribution is -0.382. The van der Waals surface area contributed by atoms with Crippen LogP contribution >= 0.6 is 19.2 Å². The maximum absolute atomic E-state index is 12.3. The average Bonchev–Trinajstić information content (AvgIpc) is 3.56. The van der Waals surface area contributed by atoms with E-state index in [0.29, 0.717) is 13.0 Å². The molecule has 1 aromatic carbocycles. The number of hydrogen-bond acceptors (Lipinski definition) is 8. The van der Waals surface area contributed by atoms with Gasteiger partial charge in [0, 0.05) is 6.54 Å². The first kappa shape index (κ1) is 39.4. The number of H-pyrrole nitrogens is 1. The number of aromatic amines is 1. The van der Waals surface area contributed by atoms with Crippen molar-refractivity contribution in [3.8, 4) is 0 Å². The first-order valence-corrected chi connectivity index (χ1v) is 19.4. The molecule has 9 nitrogen and oxygen atoms in total. The molecular weight excluding hydrogens is 611 g/mol. The van der Waals surface area contributed by atoms with Crippen LogP contribution < -0.4 is 15.2 Å². The van der Waals surface area contributed by atoms with E-state index >= 15 is 0 Å². The zero-order chi connectivity index (χ0) is 32.3. The van der Waals surface area contributed by atoms with E-state index < -0.39 is 20.0 Å². The highest BCUT2D eigenvalue weighted by Crippen LogP contribution is 2.38. The zero-order valence-corrected chi connectivity index (χ0v) is 29.1. The van der Waals surface area contributed by atoms with E-state index in [2.05, 4.69) is 17.2 Å². The summed E-state index contributed by atoms with van der Waals surface area (Å²) in [6.07, 6.45) is 21.6. The Labute approximate surface area is 275 Å². The lowest BCUT2D eigenvalue weighted by Gasteiger charge is -2.25. The van der Waals surface area contributed by atoms with Crippen LogP contribution in [0.4, 0.5) is 4.79 Å². The summed E-state index contributed by atoms with van der Waals surface area (Å²) in [5.74, 6) is 0. The lowest BCUT2D eigenvalue weighted by Crippen LogP contribution is -2.32. The van der Waals surface area contributed by atoms with Crippen LogP contribution in [-0.2, 0) is 36.1 Å². The molecule has 2 atom stereocenters. The second kappa shape index (κ2) is 26.3. The zero-order valence-electron chi connectivity index (χ0n) is 27.4. The topological polar surface area (TPSA) is 120 Å². The number of aromatic nitrogens is 1. The highest BCUT2D eigenvalue weighted by molar-refractivity contribution is 7.45. The fourth-order valence-corrected chi connectivity index (χ4v) is 6.26. The highest BCUT2D eigenvalue weighted by atomic mass is 32.1. The molecule has 45 heavy (non-hydrogen) atoms. The Morgan fingerprint density at radius 3 is 2.04 bits per heavy atom. The number of ether oxygens (including phenoxy) is 2. The van der Waals surface area contributed by atoms with Crippen molar-refractivity contribution in [3.05, 3.63) is 52.5 Å². The Balaban J connectivity index is 1.52. The maximum Gasteiger partial charge on any atom is 0.407 e. The molecule has 0 radical (unpaired) electrons. The number of amides is 1. The number of alkyl carbamates (subject to hydrolysis) is 1. The van der Waals surface area contributed by atoms with Crippen LogP contribution in [-0.4, -0.2) is 38.6 Å². The van der Waals surface area contributed by atoms with E-state index in [1.165, 1.54) is 101 Å². The van der Waals surface area contributed by atoms with Gasteiger partial charge in [-0.15, -0.1) is 0 Å². The molecule has 256 valence electrons. The van der Waals surface area contributed by atoms with Gasteiger partial charge in [0.05, 0.1) is 31.6 Å². The number of rotatable bonds is 29. The number of benzene rings is 1. The van der Waals surface area contributed by atoms with Gasteiger partial charge in [-0.2, -0.15) is 0 Å². The maximum atomic E-state index is 12.3. The van der Waals surface area contributed by atoms with Crippen LogP contribution in [0, 0.1) is 0 Å². The number of phosphoric acid groups is 1. The van der Waals surface area contributed by atoms with Gasteiger partial charge in [0.2, 0.25) is 5.01 Å². The summed E-state index contributed by atoms with van der Waals surface area (Å²) >= 11 is 1.48. The highest BCUT2D eigenvalue weighted by Gasteiger charge is 2.18. The molecule has 1 aromatic heterocycles. The van der Waals surface area contributed by atoms with E-state index in [-0.39, 0.29) is 26.4 Å². The van der Waals surface area contributed by atoms with E-state index in [1.807, 2.05) is 35.7 Å². The van der Waals surface area contributed by atoms with Crippen molar-refractivity contribution in [1.82, 2.24) is 5.32 Å². The number of carbonyl (C=O) groups is 1. The molecule has 0 aliphatic rings. The normalized spacial score (nSPS) is 13.4. The van der Waals surface area contributed by atoms with Crippen LogP contribution in [0.2, 0.25) is 0 Å². The first-order valence-electron chi connectivity index (χ1n) is 17.1. The minimum Gasteiger partial charge on any atom is -0.756 e. The van der Waals surface area contributed by atoms with Crippen LogP contribution in [0.25, 0.3) is 0 Å². The molecule has 2 N–H and O–H groups in total. The van der Waals surface area contributed by atoms with Gasteiger partial charge >= 0.3 is 6.09 Å². The SMILES string of the molecule is CCCCCCCCCCCCCCCCCCNC(=O)OCC(COP(=O)([O-])OCCc1[nH+]ccs1)OCc1ccccc1. The van der Waals surface area contributed by atoms with Crippen molar-refractivity contribution in [2.45, 2.75) is 129 Å². The van der Waals surface area contributed by atoms with E-state index in [4.69, 9.17) is 18.5 Å². The summed E-state index contributed by atoms with van der Waals surface area (Å²) in [5, 5.41) is 5.54. The molecule has 11 heteroatoms. The van der Waals surface area contributed by atoms with Crippen molar-refractivity contribution in [1.29, 1.82) is 0 Å². The van der Waals surface area contributed by atoms with E-state index in [0.717, 1.165) is 23.4 Å². The summed E-state index contributed by atoms with van der Waals surface area (Å²) in [7, 11) is -4.55. The lowest BCUT2D eigenvalue weighted by atomic mass is 10.0. The molecule has 1 heterocycles. The van der Waals surface area contributed by atoms with Gasteiger partial charge in [-0.1, -0.05) is 145 Å². The van der Waals surface area contributed by atoms with Crippen LogP contribution in [0.1, 0.15) is 120 Å². The summed E-state index contributed by atoms with van der Waals surface area (Å²) in [6, 6.07) is 9.46. The predicted molar refractivity (Wildman–Crippen MR) is 178 cm³/mol. The van der Waals surface area contributed by atoms with Gasteiger partial charge in [-0.05, 0) is 12.0 Å². The number of thiazole rings is 1. The minimum atomic E-state index is -4.55. The fraction of sp³-hybridized carbons (Fsp3) is 0.706. The molecule has 2 aromatic rings. The number of carbonyl (C=O) groups excluding carboxylic acids is 1. The Morgan fingerprint density at radius 1 is 0.867 bits per heavy atom. The van der Waals surface area contributed by atoms with Crippen molar-refractivity contribution in [3.63, 3.8) is 0 Å². The van der Waals surface area contributed by atoms with Crippen molar-refractivity contribution < 1.29 is 37.8 Å². The molecule has 0 spiro atoms. The van der Waals surface area contributed by atoms with Crippen molar-refractivity contribution in [2.24, 2.45) is 0 Å². The number of phosphoric ester groups is 1. The van der Waals surface area contributed by atoms with Crippen molar-refractivity contribution in [2.75, 3.05) is 26.4 Å². The summed E-state index contributed by atoms with van der Waals surface area (Å²) < 4.78 is 33.5. The van der Waals surface area contributed by atoms with Gasteiger partial charge in [0.25, 0.3) is 7.82 Å². The Bertz CT molecular complexity index is 1010. The van der Waals surface area contributed by atoms with Gasteiger partial charge in [0.1, 0.15) is 12.7 Å². The smallest absolute Gasteiger partial charge is 0.407 e. The van der Waals surface area contributed by atoms with E-state index in [9.17, 15) is 14.3 Å². The molecule has 0 saturated heterocycles. The Morgan fingerprint density at radius 2 is 1.47 bits per heavy atom. The first-order chi connectivity index (χ1) is 22.0. The van der Waals surface area contributed by atoms with Crippen LogP contribution in [0.5, 0.6) is 0 Å². The summed E-state index contributed by atoms with van der Waals surface area (Å²) in [4.78, 5) is 27.5. The second-order valence-electron chi connectivity index (χ2n) is 11.6. The standard InChI is InChI=1S/C34H57N2O7PS/c1-2-3-4-5-6-7-8-9-10-11-12-13-14-15-16-20-24-36-34(37)41-29-32(40-28-31-21-18-17-19-22-31)30-43-44(38,39)42-26-23-33-35-25-27-45-33/h17-19,21-22,25,27,32H,2-16,20,23-24,26,28-30H2,1H3,(H,36,37)(H,38,39). The third-order valence-corrected chi connectivity index (χ3v) is 9.39. The second-order valence-corrected chi connectivity index (χ2v) is 14.0. The minimum absolute atomic E-state index is 0.0361. The molecule has 1 amide bonds. The third-order valence-electron chi connectivity index (χ3n) is 7.55. The Kier molecular flexibility index (Phi) is 23.0. The third kappa shape index (κ3) is 22.4. The molecule has 0 aliphatic carbocycles. The number of unbranched alkanes of at least 4 members (excludes halogenated alkanes) is 15. The van der Waals surface area contributed by atoms with Crippen LogP contribution in [0.3, 0.4) is 0 Å². The quantitative estimate of drug-likeness (QED) is 0.0686. The molecule has 0 aliphatic heterocycles.